The normalized spacial score (nSPS) is 20.1. The van der Waals surface area contributed by atoms with E-state index in [9.17, 15) is 4.79 Å². The predicted molar refractivity (Wildman–Crippen MR) is 94.1 cm³/mol. The van der Waals surface area contributed by atoms with E-state index in [0.717, 1.165) is 23.4 Å². The van der Waals surface area contributed by atoms with Gasteiger partial charge in [-0.05, 0) is 31.0 Å². The summed E-state index contributed by atoms with van der Waals surface area (Å²) < 4.78 is 1.78. The molecule has 0 saturated carbocycles. The van der Waals surface area contributed by atoms with E-state index in [0.29, 0.717) is 6.54 Å². The minimum Gasteiger partial charge on any atom is -0.326 e. The van der Waals surface area contributed by atoms with Gasteiger partial charge >= 0.3 is 0 Å². The summed E-state index contributed by atoms with van der Waals surface area (Å²) in [5.41, 5.74) is 4.31. The molecule has 0 radical (unpaired) electrons. The van der Waals surface area contributed by atoms with Gasteiger partial charge in [0.05, 0.1) is 12.1 Å². The van der Waals surface area contributed by atoms with Crippen LogP contribution in [-0.2, 0) is 11.8 Å². The van der Waals surface area contributed by atoms with Crippen LogP contribution in [0.15, 0.2) is 30.6 Å². The van der Waals surface area contributed by atoms with Crippen LogP contribution in [0.2, 0.25) is 0 Å². The Labute approximate surface area is 142 Å². The van der Waals surface area contributed by atoms with Crippen molar-refractivity contribution in [2.45, 2.75) is 19.8 Å². The molecule has 1 aromatic carbocycles. The standard InChI is InChI=1S/C17H22N4O.ClH/c1-11-4-5-16(12(2)6-11)20-17(22)15-9-18-8-14(15)13-7-19-21(3)10-13;/h4-7,10,14-15,18H,8-9H2,1-3H3,(H,20,22);1H/t14-,15+;/m1./s1. The number of halogens is 1. The minimum atomic E-state index is -0.0649. The van der Waals surface area contributed by atoms with Gasteiger partial charge in [0.15, 0.2) is 0 Å². The van der Waals surface area contributed by atoms with Gasteiger partial charge in [0.2, 0.25) is 5.91 Å². The van der Waals surface area contributed by atoms with Crippen molar-refractivity contribution in [3.8, 4) is 0 Å². The Bertz CT molecular complexity index is 698. The van der Waals surface area contributed by atoms with Gasteiger partial charge in [-0.25, -0.2) is 0 Å². The molecule has 1 saturated heterocycles. The first-order chi connectivity index (χ1) is 10.5. The van der Waals surface area contributed by atoms with Gasteiger partial charge < -0.3 is 10.6 Å². The van der Waals surface area contributed by atoms with Gasteiger partial charge in [-0.3, -0.25) is 9.48 Å². The Kier molecular flexibility index (Phi) is 5.44. The summed E-state index contributed by atoms with van der Waals surface area (Å²) in [6.07, 6.45) is 3.85. The lowest BCUT2D eigenvalue weighted by Crippen LogP contribution is -2.28. The van der Waals surface area contributed by atoms with Crippen molar-refractivity contribution in [2.75, 3.05) is 18.4 Å². The van der Waals surface area contributed by atoms with Gasteiger partial charge in [-0.15, -0.1) is 12.4 Å². The maximum atomic E-state index is 12.7. The van der Waals surface area contributed by atoms with Gasteiger partial charge in [-0.2, -0.15) is 5.10 Å². The predicted octanol–water partition coefficient (Wildman–Crippen LogP) is 2.40. The molecule has 6 heteroatoms. The number of nitrogens with one attached hydrogen (secondary N) is 2. The summed E-state index contributed by atoms with van der Waals surface area (Å²) in [4.78, 5) is 12.7. The number of anilines is 1. The van der Waals surface area contributed by atoms with Crippen LogP contribution in [0.3, 0.4) is 0 Å². The minimum absolute atomic E-state index is 0. The van der Waals surface area contributed by atoms with Gasteiger partial charge in [0.1, 0.15) is 0 Å². The van der Waals surface area contributed by atoms with Gasteiger partial charge in [0, 0.05) is 37.9 Å². The molecule has 0 bridgehead atoms. The molecule has 1 amide bonds. The van der Waals surface area contributed by atoms with Crippen molar-refractivity contribution in [1.82, 2.24) is 15.1 Å². The molecule has 2 N–H and O–H groups in total. The molecule has 124 valence electrons. The van der Waals surface area contributed by atoms with Crippen molar-refractivity contribution in [3.05, 3.63) is 47.3 Å². The second-order valence-corrected chi connectivity index (χ2v) is 6.13. The van der Waals surface area contributed by atoms with Crippen molar-refractivity contribution < 1.29 is 4.79 Å². The molecule has 1 aliphatic heterocycles. The Hall–Kier alpha value is -1.85. The van der Waals surface area contributed by atoms with E-state index in [4.69, 9.17) is 0 Å². The van der Waals surface area contributed by atoms with E-state index in [1.165, 1.54) is 5.56 Å². The lowest BCUT2D eigenvalue weighted by molar-refractivity contribution is -0.119. The number of carbonyl (C=O) groups is 1. The van der Waals surface area contributed by atoms with Crippen LogP contribution in [0.4, 0.5) is 5.69 Å². The molecule has 1 fully saturated rings. The number of nitrogens with zero attached hydrogens (tertiary/aromatic N) is 2. The fraction of sp³-hybridized carbons (Fsp3) is 0.412. The summed E-state index contributed by atoms with van der Waals surface area (Å²) in [6.45, 7) is 5.60. The highest BCUT2D eigenvalue weighted by Crippen LogP contribution is 2.29. The zero-order valence-electron chi connectivity index (χ0n) is 13.7. The van der Waals surface area contributed by atoms with Crippen molar-refractivity contribution >= 4 is 24.0 Å². The molecule has 23 heavy (non-hydrogen) atoms. The molecule has 3 rings (SSSR count). The summed E-state index contributed by atoms with van der Waals surface area (Å²) >= 11 is 0. The number of rotatable bonds is 3. The number of aromatic nitrogens is 2. The van der Waals surface area contributed by atoms with Crippen LogP contribution in [0.1, 0.15) is 22.6 Å². The summed E-state index contributed by atoms with van der Waals surface area (Å²) in [7, 11) is 1.90. The second kappa shape index (κ2) is 7.15. The van der Waals surface area contributed by atoms with E-state index in [1.807, 2.05) is 38.5 Å². The van der Waals surface area contributed by atoms with E-state index in [2.05, 4.69) is 28.7 Å². The lowest BCUT2D eigenvalue weighted by atomic mass is 9.90. The molecule has 5 nitrogen and oxygen atoms in total. The molecule has 2 aromatic rings. The average Bonchev–Trinajstić information content (AvgIpc) is 3.10. The number of benzene rings is 1. The molecular formula is C17H23ClN4O. The Morgan fingerprint density at radius 2 is 2.13 bits per heavy atom. The highest BCUT2D eigenvalue weighted by molar-refractivity contribution is 5.94. The first-order valence-corrected chi connectivity index (χ1v) is 7.62. The molecule has 0 aliphatic carbocycles. The maximum absolute atomic E-state index is 12.7. The largest absolute Gasteiger partial charge is 0.326 e. The fourth-order valence-corrected chi connectivity index (χ4v) is 3.12. The smallest absolute Gasteiger partial charge is 0.229 e. The van der Waals surface area contributed by atoms with E-state index in [1.54, 1.807) is 4.68 Å². The molecule has 2 heterocycles. The van der Waals surface area contributed by atoms with E-state index >= 15 is 0 Å². The van der Waals surface area contributed by atoms with Crippen LogP contribution < -0.4 is 10.6 Å². The molecule has 0 unspecified atom stereocenters. The third-order valence-electron chi connectivity index (χ3n) is 4.34. The molecular weight excluding hydrogens is 312 g/mol. The summed E-state index contributed by atoms with van der Waals surface area (Å²) in [5.74, 6) is 0.190. The summed E-state index contributed by atoms with van der Waals surface area (Å²) in [5, 5.41) is 10.6. The maximum Gasteiger partial charge on any atom is 0.229 e. The van der Waals surface area contributed by atoms with Crippen LogP contribution in [-0.4, -0.2) is 28.8 Å². The van der Waals surface area contributed by atoms with Crippen LogP contribution in [0, 0.1) is 19.8 Å². The zero-order chi connectivity index (χ0) is 15.7. The molecule has 2 atom stereocenters. The number of aryl methyl sites for hydroxylation is 3. The van der Waals surface area contributed by atoms with Gasteiger partial charge in [0.25, 0.3) is 0 Å². The van der Waals surface area contributed by atoms with Crippen LogP contribution >= 0.6 is 12.4 Å². The highest BCUT2D eigenvalue weighted by atomic mass is 35.5. The lowest BCUT2D eigenvalue weighted by Gasteiger charge is -2.18. The summed E-state index contributed by atoms with van der Waals surface area (Å²) in [6, 6.07) is 6.08. The Balaban J connectivity index is 0.00000192. The van der Waals surface area contributed by atoms with E-state index < -0.39 is 0 Å². The average molecular weight is 335 g/mol. The quantitative estimate of drug-likeness (QED) is 0.906. The van der Waals surface area contributed by atoms with Crippen molar-refractivity contribution in [2.24, 2.45) is 13.0 Å². The highest BCUT2D eigenvalue weighted by Gasteiger charge is 2.34. The number of hydrogen-bond donors (Lipinski definition) is 2. The zero-order valence-corrected chi connectivity index (χ0v) is 14.5. The fourth-order valence-electron chi connectivity index (χ4n) is 3.12. The first kappa shape index (κ1) is 17.5. The SMILES string of the molecule is Cc1ccc(NC(=O)[C@H]2CNC[C@@H]2c2cnn(C)c2)c(C)c1.Cl. The first-order valence-electron chi connectivity index (χ1n) is 7.62. The molecule has 0 spiro atoms. The van der Waals surface area contributed by atoms with Crippen molar-refractivity contribution in [1.29, 1.82) is 0 Å². The second-order valence-electron chi connectivity index (χ2n) is 6.13. The molecule has 1 aliphatic rings. The Morgan fingerprint density at radius 3 is 2.78 bits per heavy atom. The van der Waals surface area contributed by atoms with Crippen molar-refractivity contribution in [3.63, 3.8) is 0 Å². The van der Waals surface area contributed by atoms with E-state index in [-0.39, 0.29) is 30.2 Å². The van der Waals surface area contributed by atoms with Crippen LogP contribution in [0.5, 0.6) is 0 Å². The molecule has 1 aromatic heterocycles. The number of hydrogen-bond acceptors (Lipinski definition) is 3. The van der Waals surface area contributed by atoms with Crippen LogP contribution in [0.25, 0.3) is 0 Å². The third-order valence-corrected chi connectivity index (χ3v) is 4.34. The van der Waals surface area contributed by atoms with Gasteiger partial charge in [-0.1, -0.05) is 17.7 Å². The monoisotopic (exact) mass is 334 g/mol. The number of amides is 1. The number of carbonyl (C=O) groups excluding carboxylic acids is 1. The Morgan fingerprint density at radius 1 is 1.35 bits per heavy atom. The topological polar surface area (TPSA) is 59.0 Å². The third kappa shape index (κ3) is 3.74.